The van der Waals surface area contributed by atoms with E-state index in [1.54, 1.807) is 0 Å². The molecule has 0 aliphatic rings. The third-order valence-corrected chi connectivity index (χ3v) is 3.34. The number of hydrogen-bond donors (Lipinski definition) is 2. The quantitative estimate of drug-likeness (QED) is 0.884. The van der Waals surface area contributed by atoms with Gasteiger partial charge in [0.15, 0.2) is 0 Å². The van der Waals surface area contributed by atoms with Crippen LogP contribution in [0.1, 0.15) is 27.0 Å². The number of aromatic carboxylic acids is 1. The standard InChI is InChI=1S/C14H13FN2O4/c1-7-8(2)13(19)17(16-12(7)18)6-9-4-3-5-10(11(9)15)14(20)21/h3-5H,6H2,1-2H3,(H,16,18)(H,20,21). The Bertz CT molecular complexity index is 836. The first-order valence-corrected chi connectivity index (χ1v) is 6.14. The summed E-state index contributed by atoms with van der Waals surface area (Å²) in [5.74, 6) is -2.31. The molecule has 0 amide bonds. The van der Waals surface area contributed by atoms with Gasteiger partial charge in [-0.25, -0.2) is 13.9 Å². The van der Waals surface area contributed by atoms with Crippen LogP contribution < -0.4 is 11.1 Å². The lowest BCUT2D eigenvalue weighted by Crippen LogP contribution is -2.33. The molecule has 110 valence electrons. The van der Waals surface area contributed by atoms with Crippen molar-refractivity contribution in [3.63, 3.8) is 0 Å². The van der Waals surface area contributed by atoms with Gasteiger partial charge in [-0.1, -0.05) is 12.1 Å². The van der Waals surface area contributed by atoms with Crippen molar-refractivity contribution in [2.45, 2.75) is 20.4 Å². The lowest BCUT2D eigenvalue weighted by molar-refractivity contribution is 0.0691. The molecule has 1 aromatic heterocycles. The fourth-order valence-electron chi connectivity index (χ4n) is 1.94. The summed E-state index contributed by atoms with van der Waals surface area (Å²) < 4.78 is 15.0. The first-order valence-electron chi connectivity index (χ1n) is 6.14. The zero-order chi connectivity index (χ0) is 15.7. The maximum Gasteiger partial charge on any atom is 0.338 e. The van der Waals surface area contributed by atoms with Crippen LogP contribution in [0.3, 0.4) is 0 Å². The van der Waals surface area contributed by atoms with Crippen LogP contribution in [0.25, 0.3) is 0 Å². The number of aromatic nitrogens is 2. The Kier molecular flexibility index (Phi) is 3.75. The molecule has 0 atom stereocenters. The molecule has 6 nitrogen and oxygen atoms in total. The number of aromatic amines is 1. The number of nitrogens with zero attached hydrogens (tertiary/aromatic N) is 1. The summed E-state index contributed by atoms with van der Waals surface area (Å²) in [5, 5.41) is 11.2. The Labute approximate surface area is 118 Å². The number of hydrogen-bond acceptors (Lipinski definition) is 3. The number of benzene rings is 1. The van der Waals surface area contributed by atoms with Gasteiger partial charge in [0, 0.05) is 16.7 Å². The molecule has 0 spiro atoms. The Hall–Kier alpha value is -2.70. The minimum Gasteiger partial charge on any atom is -0.478 e. The van der Waals surface area contributed by atoms with Gasteiger partial charge in [0.1, 0.15) is 5.82 Å². The smallest absolute Gasteiger partial charge is 0.338 e. The molecule has 0 aliphatic carbocycles. The van der Waals surface area contributed by atoms with Crippen molar-refractivity contribution in [3.8, 4) is 0 Å². The second kappa shape index (κ2) is 5.35. The van der Waals surface area contributed by atoms with Crippen molar-refractivity contribution in [1.29, 1.82) is 0 Å². The van der Waals surface area contributed by atoms with Crippen molar-refractivity contribution in [1.82, 2.24) is 9.78 Å². The van der Waals surface area contributed by atoms with E-state index in [2.05, 4.69) is 5.10 Å². The molecule has 2 N–H and O–H groups in total. The summed E-state index contributed by atoms with van der Waals surface area (Å²) in [4.78, 5) is 34.6. The number of H-pyrrole nitrogens is 1. The van der Waals surface area contributed by atoms with E-state index in [1.807, 2.05) is 0 Å². The number of nitrogens with one attached hydrogen (secondary N) is 1. The van der Waals surface area contributed by atoms with Gasteiger partial charge in [-0.3, -0.25) is 14.7 Å². The molecule has 7 heteroatoms. The van der Waals surface area contributed by atoms with Gasteiger partial charge >= 0.3 is 5.97 Å². The van der Waals surface area contributed by atoms with E-state index >= 15 is 0 Å². The Morgan fingerprint density at radius 1 is 1.29 bits per heavy atom. The molecule has 0 radical (unpaired) electrons. The predicted molar refractivity (Wildman–Crippen MR) is 73.3 cm³/mol. The predicted octanol–water partition coefficient (Wildman–Crippen LogP) is 1.04. The fraction of sp³-hybridized carbons (Fsp3) is 0.214. The second-order valence-electron chi connectivity index (χ2n) is 4.67. The topological polar surface area (TPSA) is 92.2 Å². The van der Waals surface area contributed by atoms with Gasteiger partial charge < -0.3 is 5.11 Å². The highest BCUT2D eigenvalue weighted by atomic mass is 19.1. The average molecular weight is 292 g/mol. The number of carboxylic acids is 1. The third kappa shape index (κ3) is 2.62. The second-order valence-corrected chi connectivity index (χ2v) is 4.67. The van der Waals surface area contributed by atoms with Crippen LogP contribution in [0.5, 0.6) is 0 Å². The minimum atomic E-state index is -1.39. The normalized spacial score (nSPS) is 10.6. The lowest BCUT2D eigenvalue weighted by Gasteiger charge is -2.10. The van der Waals surface area contributed by atoms with E-state index in [1.165, 1.54) is 26.0 Å². The first-order chi connectivity index (χ1) is 9.82. The summed E-state index contributed by atoms with van der Waals surface area (Å²) in [7, 11) is 0. The highest BCUT2D eigenvalue weighted by Gasteiger charge is 2.15. The molecule has 1 aromatic carbocycles. The first kappa shape index (κ1) is 14.7. The van der Waals surface area contributed by atoms with Gasteiger partial charge in [0.2, 0.25) is 0 Å². The van der Waals surface area contributed by atoms with E-state index < -0.39 is 28.5 Å². The molecule has 0 saturated heterocycles. The third-order valence-electron chi connectivity index (χ3n) is 3.34. The largest absolute Gasteiger partial charge is 0.478 e. The van der Waals surface area contributed by atoms with Crippen molar-refractivity contribution < 1.29 is 14.3 Å². The van der Waals surface area contributed by atoms with Crippen LogP contribution in [0.15, 0.2) is 27.8 Å². The van der Waals surface area contributed by atoms with E-state index in [0.29, 0.717) is 5.56 Å². The summed E-state index contributed by atoms with van der Waals surface area (Å²) in [6, 6.07) is 3.88. The van der Waals surface area contributed by atoms with Crippen molar-refractivity contribution in [2.75, 3.05) is 0 Å². The van der Waals surface area contributed by atoms with Crippen molar-refractivity contribution in [3.05, 3.63) is 67.0 Å². The monoisotopic (exact) mass is 292 g/mol. The van der Waals surface area contributed by atoms with Crippen molar-refractivity contribution in [2.24, 2.45) is 0 Å². The molecule has 2 aromatic rings. The highest BCUT2D eigenvalue weighted by molar-refractivity contribution is 5.88. The number of rotatable bonds is 3. The Morgan fingerprint density at radius 3 is 2.57 bits per heavy atom. The molecule has 21 heavy (non-hydrogen) atoms. The molecule has 0 bridgehead atoms. The van der Waals surface area contributed by atoms with Crippen LogP contribution >= 0.6 is 0 Å². The van der Waals surface area contributed by atoms with E-state index in [4.69, 9.17) is 5.11 Å². The maximum absolute atomic E-state index is 14.0. The van der Waals surface area contributed by atoms with Gasteiger partial charge in [-0.2, -0.15) is 0 Å². The molecular formula is C14H13FN2O4. The SMILES string of the molecule is Cc1c(C)c(=O)n(Cc2cccc(C(=O)O)c2F)[nH]c1=O. The average Bonchev–Trinajstić information content (AvgIpc) is 2.44. The Morgan fingerprint density at radius 2 is 1.95 bits per heavy atom. The summed E-state index contributed by atoms with van der Waals surface area (Å²) in [6.07, 6.45) is 0. The zero-order valence-electron chi connectivity index (χ0n) is 11.4. The molecule has 1 heterocycles. The van der Waals surface area contributed by atoms with Gasteiger partial charge in [0.05, 0.1) is 12.1 Å². The van der Waals surface area contributed by atoms with Crippen LogP contribution in [0.2, 0.25) is 0 Å². The highest BCUT2D eigenvalue weighted by Crippen LogP contribution is 2.13. The van der Waals surface area contributed by atoms with Crippen molar-refractivity contribution >= 4 is 5.97 Å². The molecular weight excluding hydrogens is 279 g/mol. The number of halogens is 1. The summed E-state index contributed by atoms with van der Waals surface area (Å²) in [5.41, 5.74) is -0.790. The van der Waals surface area contributed by atoms with Crippen LogP contribution in [0, 0.1) is 19.7 Å². The van der Waals surface area contributed by atoms with E-state index in [9.17, 15) is 18.8 Å². The zero-order valence-corrected chi connectivity index (χ0v) is 11.4. The van der Waals surface area contributed by atoms with Crippen LogP contribution in [-0.4, -0.2) is 20.9 Å². The van der Waals surface area contributed by atoms with E-state index in [-0.39, 0.29) is 17.7 Å². The minimum absolute atomic E-state index is 0.0101. The molecule has 0 aliphatic heterocycles. The molecule has 0 saturated carbocycles. The lowest BCUT2D eigenvalue weighted by atomic mass is 10.1. The number of carboxylic acid groups (broad SMARTS) is 1. The van der Waals surface area contributed by atoms with E-state index in [0.717, 1.165) is 10.7 Å². The van der Waals surface area contributed by atoms with Crippen LogP contribution in [-0.2, 0) is 6.54 Å². The van der Waals surface area contributed by atoms with Crippen LogP contribution in [0.4, 0.5) is 4.39 Å². The molecule has 0 fully saturated rings. The van der Waals surface area contributed by atoms with Gasteiger partial charge in [-0.15, -0.1) is 0 Å². The van der Waals surface area contributed by atoms with Gasteiger partial charge in [0.25, 0.3) is 11.1 Å². The molecule has 0 unspecified atom stereocenters. The summed E-state index contributed by atoms with van der Waals surface area (Å²) in [6.45, 7) is 2.78. The summed E-state index contributed by atoms with van der Waals surface area (Å²) >= 11 is 0. The van der Waals surface area contributed by atoms with Gasteiger partial charge in [-0.05, 0) is 19.9 Å². The Balaban J connectivity index is 2.54. The number of carbonyl (C=O) groups is 1. The molecule has 2 rings (SSSR count). The fourth-order valence-corrected chi connectivity index (χ4v) is 1.94. The maximum atomic E-state index is 14.0.